The molecule has 0 bridgehead atoms. The molecule has 3 rings (SSSR count). The van der Waals surface area contributed by atoms with E-state index in [2.05, 4.69) is 31.0 Å². The average Bonchev–Trinajstić information content (AvgIpc) is 2.92. The van der Waals surface area contributed by atoms with Crippen LogP contribution in [0.15, 0.2) is 0 Å². The number of hydrogen-bond acceptors (Lipinski definition) is 2. The second kappa shape index (κ2) is 5.08. The quantitative estimate of drug-likeness (QED) is 0.850. The zero-order valence-corrected chi connectivity index (χ0v) is 12.6. The molecule has 1 N–H and O–H groups in total. The predicted molar refractivity (Wildman–Crippen MR) is 76.5 cm³/mol. The van der Waals surface area contributed by atoms with Gasteiger partial charge in [0.05, 0.1) is 12.2 Å². The molecule has 2 saturated carbocycles. The van der Waals surface area contributed by atoms with Crippen LogP contribution in [0, 0.1) is 17.8 Å². The van der Waals surface area contributed by atoms with E-state index >= 15 is 0 Å². The molecule has 19 heavy (non-hydrogen) atoms. The van der Waals surface area contributed by atoms with Crippen molar-refractivity contribution in [2.24, 2.45) is 17.8 Å². The number of nitrogens with zero attached hydrogens (tertiary/aromatic N) is 1. The molecule has 1 aliphatic heterocycles. The Balaban J connectivity index is 1.77. The van der Waals surface area contributed by atoms with E-state index in [0.717, 1.165) is 5.92 Å². The molecular weight excluding hydrogens is 236 g/mol. The first-order valence-electron chi connectivity index (χ1n) is 8.16. The van der Waals surface area contributed by atoms with Crippen LogP contribution in [0.4, 0.5) is 0 Å². The number of hydrogen-bond donors (Lipinski definition) is 1. The molecule has 1 heterocycles. The van der Waals surface area contributed by atoms with Crippen molar-refractivity contribution in [1.29, 1.82) is 0 Å². The van der Waals surface area contributed by atoms with Gasteiger partial charge in [-0.2, -0.15) is 0 Å². The molecule has 2 atom stereocenters. The van der Waals surface area contributed by atoms with Gasteiger partial charge in [0.2, 0.25) is 5.91 Å². The lowest BCUT2D eigenvalue weighted by molar-refractivity contribution is -0.136. The van der Waals surface area contributed by atoms with Crippen LogP contribution in [0.5, 0.6) is 0 Å². The topological polar surface area (TPSA) is 32.3 Å². The van der Waals surface area contributed by atoms with Crippen molar-refractivity contribution in [3.8, 4) is 0 Å². The molecule has 3 fully saturated rings. The monoisotopic (exact) mass is 264 g/mol. The van der Waals surface area contributed by atoms with E-state index in [0.29, 0.717) is 30.0 Å². The van der Waals surface area contributed by atoms with Crippen molar-refractivity contribution in [3.05, 3.63) is 0 Å². The van der Waals surface area contributed by atoms with Gasteiger partial charge in [-0.3, -0.25) is 10.1 Å². The molecule has 1 saturated heterocycles. The molecule has 108 valence electrons. The Morgan fingerprint density at radius 2 is 1.84 bits per heavy atom. The van der Waals surface area contributed by atoms with E-state index in [9.17, 15) is 4.79 Å². The fourth-order valence-corrected chi connectivity index (χ4v) is 4.24. The summed E-state index contributed by atoms with van der Waals surface area (Å²) >= 11 is 0. The summed E-state index contributed by atoms with van der Waals surface area (Å²) < 4.78 is 0. The summed E-state index contributed by atoms with van der Waals surface area (Å²) in [5.74, 6) is 2.28. The van der Waals surface area contributed by atoms with Gasteiger partial charge in [-0.25, -0.2) is 0 Å². The number of carbonyl (C=O) groups excluding carboxylic acids is 1. The molecule has 2 aliphatic carbocycles. The largest absolute Gasteiger partial charge is 0.322 e. The van der Waals surface area contributed by atoms with Crippen LogP contribution in [-0.4, -0.2) is 29.1 Å². The Morgan fingerprint density at radius 3 is 2.37 bits per heavy atom. The summed E-state index contributed by atoms with van der Waals surface area (Å²) in [7, 11) is 0. The molecule has 0 aromatic carbocycles. The van der Waals surface area contributed by atoms with E-state index in [4.69, 9.17) is 0 Å². The smallest absolute Gasteiger partial charge is 0.241 e. The van der Waals surface area contributed by atoms with Crippen LogP contribution < -0.4 is 5.32 Å². The van der Waals surface area contributed by atoms with Crippen molar-refractivity contribution in [2.75, 3.05) is 0 Å². The zero-order chi connectivity index (χ0) is 13.6. The molecule has 3 heteroatoms. The summed E-state index contributed by atoms with van der Waals surface area (Å²) in [5, 5.41) is 3.67. The number of amides is 1. The van der Waals surface area contributed by atoms with E-state index in [1.165, 1.54) is 38.5 Å². The van der Waals surface area contributed by atoms with E-state index < -0.39 is 0 Å². The molecule has 0 spiro atoms. The third-order valence-corrected chi connectivity index (χ3v) is 5.43. The van der Waals surface area contributed by atoms with E-state index in [1.54, 1.807) is 0 Å². The SMILES string of the molecule is CC1CC(N2C(=O)C(C(C)C)NC2C2CCCC2)C1. The first-order chi connectivity index (χ1) is 9.08. The van der Waals surface area contributed by atoms with Crippen LogP contribution in [0.2, 0.25) is 0 Å². The number of carbonyl (C=O) groups is 1. The Bertz CT molecular complexity index is 343. The van der Waals surface area contributed by atoms with Crippen molar-refractivity contribution < 1.29 is 4.79 Å². The standard InChI is InChI=1S/C16H28N2O/c1-10(2)14-16(19)18(13-8-11(3)9-13)15(17-14)12-6-4-5-7-12/h10-15,17H,4-9H2,1-3H3. The van der Waals surface area contributed by atoms with Crippen LogP contribution in [0.25, 0.3) is 0 Å². The minimum Gasteiger partial charge on any atom is -0.322 e. The molecule has 3 nitrogen and oxygen atoms in total. The van der Waals surface area contributed by atoms with Crippen molar-refractivity contribution in [2.45, 2.75) is 77.5 Å². The fourth-order valence-electron chi connectivity index (χ4n) is 4.24. The van der Waals surface area contributed by atoms with Crippen LogP contribution in [0.3, 0.4) is 0 Å². The van der Waals surface area contributed by atoms with Gasteiger partial charge in [-0.1, -0.05) is 33.6 Å². The van der Waals surface area contributed by atoms with Gasteiger partial charge in [0.1, 0.15) is 0 Å². The fraction of sp³-hybridized carbons (Fsp3) is 0.938. The van der Waals surface area contributed by atoms with Gasteiger partial charge in [0, 0.05) is 6.04 Å². The maximum Gasteiger partial charge on any atom is 0.241 e. The number of nitrogens with one attached hydrogen (secondary N) is 1. The first kappa shape index (κ1) is 13.4. The summed E-state index contributed by atoms with van der Waals surface area (Å²) in [6.07, 6.45) is 8.04. The normalized spacial score (nSPS) is 40.2. The third-order valence-electron chi connectivity index (χ3n) is 5.43. The minimum absolute atomic E-state index is 0.0570. The van der Waals surface area contributed by atoms with Crippen molar-refractivity contribution >= 4 is 5.91 Å². The summed E-state index contributed by atoms with van der Waals surface area (Å²) in [6.45, 7) is 6.62. The Labute approximate surface area is 117 Å². The lowest BCUT2D eigenvalue weighted by Crippen LogP contribution is -2.52. The molecule has 2 unspecified atom stereocenters. The maximum absolute atomic E-state index is 12.7. The lowest BCUT2D eigenvalue weighted by Gasteiger charge is -2.43. The second-order valence-electron chi connectivity index (χ2n) is 7.35. The van der Waals surface area contributed by atoms with E-state index in [-0.39, 0.29) is 6.04 Å². The van der Waals surface area contributed by atoms with Crippen molar-refractivity contribution in [3.63, 3.8) is 0 Å². The highest BCUT2D eigenvalue weighted by atomic mass is 16.2. The highest BCUT2D eigenvalue weighted by Crippen LogP contribution is 2.39. The molecule has 0 aromatic heterocycles. The van der Waals surface area contributed by atoms with Gasteiger partial charge < -0.3 is 4.90 Å². The van der Waals surface area contributed by atoms with E-state index in [1.807, 2.05) is 0 Å². The number of rotatable bonds is 3. The van der Waals surface area contributed by atoms with Crippen LogP contribution >= 0.6 is 0 Å². The van der Waals surface area contributed by atoms with Crippen LogP contribution in [-0.2, 0) is 4.79 Å². The lowest BCUT2D eigenvalue weighted by atomic mass is 9.80. The van der Waals surface area contributed by atoms with Gasteiger partial charge >= 0.3 is 0 Å². The predicted octanol–water partition coefficient (Wildman–Crippen LogP) is 2.76. The second-order valence-corrected chi connectivity index (χ2v) is 7.35. The maximum atomic E-state index is 12.7. The summed E-state index contributed by atoms with van der Waals surface area (Å²) in [4.78, 5) is 15.0. The minimum atomic E-state index is 0.0570. The van der Waals surface area contributed by atoms with Gasteiger partial charge in [0.15, 0.2) is 0 Å². The molecule has 0 aromatic rings. The van der Waals surface area contributed by atoms with Gasteiger partial charge in [0.25, 0.3) is 0 Å². The molecular formula is C16H28N2O. The van der Waals surface area contributed by atoms with Crippen LogP contribution in [0.1, 0.15) is 59.3 Å². The Morgan fingerprint density at radius 1 is 1.21 bits per heavy atom. The highest BCUT2D eigenvalue weighted by Gasteiger charge is 2.49. The first-order valence-corrected chi connectivity index (χ1v) is 8.16. The highest BCUT2D eigenvalue weighted by molar-refractivity contribution is 5.85. The molecule has 0 radical (unpaired) electrons. The zero-order valence-electron chi connectivity index (χ0n) is 12.6. The van der Waals surface area contributed by atoms with Gasteiger partial charge in [-0.05, 0) is 43.4 Å². The van der Waals surface area contributed by atoms with Crippen molar-refractivity contribution in [1.82, 2.24) is 10.2 Å². The third kappa shape index (κ3) is 2.31. The molecule has 3 aliphatic rings. The average molecular weight is 264 g/mol. The van der Waals surface area contributed by atoms with Gasteiger partial charge in [-0.15, -0.1) is 0 Å². The Hall–Kier alpha value is -0.570. The molecule has 1 amide bonds. The summed E-state index contributed by atoms with van der Waals surface area (Å²) in [6, 6.07) is 0.575. The summed E-state index contributed by atoms with van der Waals surface area (Å²) in [5.41, 5.74) is 0. The Kier molecular flexibility index (Phi) is 3.59.